The molecule has 0 spiro atoms. The molecule has 0 saturated heterocycles. The van der Waals surface area contributed by atoms with Crippen LogP contribution in [0.25, 0.3) is 0 Å². The Bertz CT molecular complexity index is 471. The average molecular weight is 286 g/mol. The molecule has 0 aliphatic carbocycles. The molecule has 1 aromatic carbocycles. The van der Waals surface area contributed by atoms with E-state index in [-0.39, 0.29) is 17.5 Å². The Morgan fingerprint density at radius 3 is 2.37 bits per heavy atom. The first kappa shape index (κ1) is 15.9. The molecule has 0 amide bonds. The number of nitrogens with one attached hydrogen (secondary N) is 2. The average Bonchev–Trinajstić information content (AvgIpc) is 2.36. The van der Waals surface area contributed by atoms with Crippen molar-refractivity contribution in [2.24, 2.45) is 0 Å². The van der Waals surface area contributed by atoms with Crippen LogP contribution in [0.3, 0.4) is 0 Å². The Hall–Kier alpha value is -1.11. The van der Waals surface area contributed by atoms with E-state index in [0.717, 1.165) is 12.0 Å². The van der Waals surface area contributed by atoms with Crippen LogP contribution in [-0.2, 0) is 10.0 Å². The molecule has 0 aliphatic rings. The molecule has 0 bridgehead atoms. The van der Waals surface area contributed by atoms with Crippen LogP contribution in [0.1, 0.15) is 31.9 Å². The first-order valence-corrected chi connectivity index (χ1v) is 8.13. The standard InChI is InChI=1S/C13H22N2O3S/c1-3-13(11-5-7-12(16)8-6-11)14-9-10-19(17,18)15-4-2/h5-8,13-16H,3-4,9-10H2,1-2H3. The number of aromatic hydroxyl groups is 1. The molecule has 3 N–H and O–H groups in total. The summed E-state index contributed by atoms with van der Waals surface area (Å²) in [5.41, 5.74) is 1.04. The molecule has 6 heteroatoms. The molecule has 1 atom stereocenters. The van der Waals surface area contributed by atoms with Gasteiger partial charge in [0.25, 0.3) is 0 Å². The van der Waals surface area contributed by atoms with Gasteiger partial charge in [-0.3, -0.25) is 0 Å². The summed E-state index contributed by atoms with van der Waals surface area (Å²) in [6, 6.07) is 7.05. The molecule has 0 fully saturated rings. The SMILES string of the molecule is CCNS(=O)(=O)CCNC(CC)c1ccc(O)cc1. The second-order valence-corrected chi connectivity index (χ2v) is 6.25. The highest BCUT2D eigenvalue weighted by Crippen LogP contribution is 2.19. The largest absolute Gasteiger partial charge is 0.508 e. The lowest BCUT2D eigenvalue weighted by Crippen LogP contribution is -2.33. The molecule has 0 saturated carbocycles. The lowest BCUT2D eigenvalue weighted by atomic mass is 10.0. The third kappa shape index (κ3) is 5.59. The van der Waals surface area contributed by atoms with Crippen molar-refractivity contribution < 1.29 is 13.5 Å². The lowest BCUT2D eigenvalue weighted by molar-refractivity contribution is 0.473. The van der Waals surface area contributed by atoms with Gasteiger partial charge in [-0.1, -0.05) is 26.0 Å². The van der Waals surface area contributed by atoms with Crippen LogP contribution >= 0.6 is 0 Å². The number of phenolic OH excluding ortho intramolecular Hbond substituents is 1. The zero-order valence-corrected chi connectivity index (χ0v) is 12.2. The number of sulfonamides is 1. The monoisotopic (exact) mass is 286 g/mol. The van der Waals surface area contributed by atoms with Crippen molar-refractivity contribution in [1.82, 2.24) is 10.0 Å². The van der Waals surface area contributed by atoms with Crippen LogP contribution in [0.5, 0.6) is 5.75 Å². The van der Waals surface area contributed by atoms with Gasteiger partial charge in [0.1, 0.15) is 5.75 Å². The van der Waals surface area contributed by atoms with Crippen molar-refractivity contribution in [1.29, 1.82) is 0 Å². The van der Waals surface area contributed by atoms with Crippen LogP contribution < -0.4 is 10.0 Å². The number of rotatable bonds is 8. The minimum atomic E-state index is -3.18. The molecular formula is C13H22N2O3S. The topological polar surface area (TPSA) is 78.4 Å². The first-order chi connectivity index (χ1) is 8.98. The second kappa shape index (κ2) is 7.47. The Balaban J connectivity index is 2.52. The van der Waals surface area contributed by atoms with Crippen molar-refractivity contribution in [3.8, 4) is 5.75 Å². The highest BCUT2D eigenvalue weighted by atomic mass is 32.2. The molecule has 0 radical (unpaired) electrons. The van der Waals surface area contributed by atoms with E-state index in [4.69, 9.17) is 0 Å². The van der Waals surface area contributed by atoms with Gasteiger partial charge < -0.3 is 10.4 Å². The Morgan fingerprint density at radius 2 is 1.84 bits per heavy atom. The van der Waals surface area contributed by atoms with Gasteiger partial charge >= 0.3 is 0 Å². The van der Waals surface area contributed by atoms with E-state index >= 15 is 0 Å². The molecule has 19 heavy (non-hydrogen) atoms. The Labute approximate surface area is 115 Å². The van der Waals surface area contributed by atoms with Crippen molar-refractivity contribution in [3.05, 3.63) is 29.8 Å². The molecule has 5 nitrogen and oxygen atoms in total. The summed E-state index contributed by atoms with van der Waals surface area (Å²) in [7, 11) is -3.18. The third-order valence-electron chi connectivity index (χ3n) is 2.83. The van der Waals surface area contributed by atoms with Crippen LogP contribution in [0.2, 0.25) is 0 Å². The fourth-order valence-corrected chi connectivity index (χ4v) is 2.83. The third-order valence-corrected chi connectivity index (χ3v) is 4.30. The maximum atomic E-state index is 11.5. The summed E-state index contributed by atoms with van der Waals surface area (Å²) < 4.78 is 25.5. The summed E-state index contributed by atoms with van der Waals surface area (Å²) in [5.74, 6) is 0.295. The van der Waals surface area contributed by atoms with Crippen molar-refractivity contribution >= 4 is 10.0 Å². The normalized spacial score (nSPS) is 13.4. The quantitative estimate of drug-likeness (QED) is 0.674. The zero-order chi connectivity index (χ0) is 14.3. The van der Waals surface area contributed by atoms with Gasteiger partial charge in [-0.2, -0.15) is 0 Å². The van der Waals surface area contributed by atoms with Crippen LogP contribution in [0, 0.1) is 0 Å². The van der Waals surface area contributed by atoms with Crippen LogP contribution in [-0.4, -0.2) is 32.4 Å². The van der Waals surface area contributed by atoms with Gasteiger partial charge in [0, 0.05) is 19.1 Å². The summed E-state index contributed by atoms with van der Waals surface area (Å²) in [4.78, 5) is 0. The van der Waals surface area contributed by atoms with Crippen molar-refractivity contribution in [2.45, 2.75) is 26.3 Å². The molecule has 1 rings (SSSR count). The fraction of sp³-hybridized carbons (Fsp3) is 0.538. The fourth-order valence-electron chi connectivity index (χ4n) is 1.86. The van der Waals surface area contributed by atoms with E-state index in [1.165, 1.54) is 0 Å². The summed E-state index contributed by atoms with van der Waals surface area (Å²) in [6.45, 7) is 4.60. The Morgan fingerprint density at radius 1 is 1.21 bits per heavy atom. The summed E-state index contributed by atoms with van der Waals surface area (Å²) >= 11 is 0. The molecule has 0 aromatic heterocycles. The van der Waals surface area contributed by atoms with E-state index in [1.807, 2.05) is 19.1 Å². The van der Waals surface area contributed by atoms with E-state index in [2.05, 4.69) is 10.0 Å². The molecule has 108 valence electrons. The highest BCUT2D eigenvalue weighted by Gasteiger charge is 2.12. The molecule has 0 heterocycles. The van der Waals surface area contributed by atoms with Crippen molar-refractivity contribution in [3.63, 3.8) is 0 Å². The van der Waals surface area contributed by atoms with E-state index in [9.17, 15) is 13.5 Å². The van der Waals surface area contributed by atoms with E-state index < -0.39 is 10.0 Å². The smallest absolute Gasteiger partial charge is 0.212 e. The molecule has 1 aromatic rings. The van der Waals surface area contributed by atoms with Gasteiger partial charge in [-0.25, -0.2) is 13.1 Å². The summed E-state index contributed by atoms with van der Waals surface area (Å²) in [5, 5.41) is 12.5. The van der Waals surface area contributed by atoms with Gasteiger partial charge in [0.15, 0.2) is 0 Å². The van der Waals surface area contributed by atoms with Gasteiger partial charge in [0.2, 0.25) is 10.0 Å². The highest BCUT2D eigenvalue weighted by molar-refractivity contribution is 7.89. The number of hydrogen-bond donors (Lipinski definition) is 3. The first-order valence-electron chi connectivity index (χ1n) is 6.48. The number of benzene rings is 1. The van der Waals surface area contributed by atoms with Gasteiger partial charge in [-0.05, 0) is 24.1 Å². The molecular weight excluding hydrogens is 264 g/mol. The number of hydrogen-bond acceptors (Lipinski definition) is 4. The van der Waals surface area contributed by atoms with Crippen LogP contribution in [0.4, 0.5) is 0 Å². The van der Waals surface area contributed by atoms with Gasteiger partial charge in [-0.15, -0.1) is 0 Å². The second-order valence-electron chi connectivity index (χ2n) is 4.32. The predicted molar refractivity (Wildman–Crippen MR) is 76.6 cm³/mol. The summed E-state index contributed by atoms with van der Waals surface area (Å²) in [6.07, 6.45) is 0.853. The lowest BCUT2D eigenvalue weighted by Gasteiger charge is -2.17. The minimum Gasteiger partial charge on any atom is -0.508 e. The van der Waals surface area contributed by atoms with E-state index in [1.54, 1.807) is 19.1 Å². The van der Waals surface area contributed by atoms with Gasteiger partial charge in [0.05, 0.1) is 5.75 Å². The maximum absolute atomic E-state index is 11.5. The maximum Gasteiger partial charge on any atom is 0.212 e. The Kier molecular flexibility index (Phi) is 6.27. The minimum absolute atomic E-state index is 0.0649. The van der Waals surface area contributed by atoms with E-state index in [0.29, 0.717) is 13.1 Å². The van der Waals surface area contributed by atoms with Crippen LogP contribution in [0.15, 0.2) is 24.3 Å². The molecule has 1 unspecified atom stereocenters. The number of phenols is 1. The predicted octanol–water partition coefficient (Wildman–Crippen LogP) is 1.37. The molecule has 0 aliphatic heterocycles. The van der Waals surface area contributed by atoms with Crippen molar-refractivity contribution in [2.75, 3.05) is 18.8 Å². The zero-order valence-electron chi connectivity index (χ0n) is 11.4.